The number of aromatic nitrogens is 1. The van der Waals surface area contributed by atoms with Crippen LogP contribution in [0.1, 0.15) is 23.2 Å². The number of benzene rings is 1. The second-order valence-corrected chi connectivity index (χ2v) is 9.72. The van der Waals surface area contributed by atoms with Crippen molar-refractivity contribution in [2.24, 2.45) is 0 Å². The van der Waals surface area contributed by atoms with Crippen molar-refractivity contribution >= 4 is 38.0 Å². The van der Waals surface area contributed by atoms with Gasteiger partial charge >= 0.3 is 0 Å². The summed E-state index contributed by atoms with van der Waals surface area (Å²) in [6, 6.07) is 13.2. The average molecular weight is 386 g/mol. The molecule has 0 aliphatic heterocycles. The van der Waals surface area contributed by atoms with Gasteiger partial charge in [-0.05, 0) is 36.4 Å². The topological polar surface area (TPSA) is 76.1 Å². The summed E-state index contributed by atoms with van der Waals surface area (Å²) in [4.78, 5) is 18.4. The van der Waals surface area contributed by atoms with Gasteiger partial charge in [0.05, 0.1) is 32.7 Å². The number of nitrogens with one attached hydrogen (secondary N) is 1. The van der Waals surface area contributed by atoms with Crippen LogP contribution in [0.15, 0.2) is 47.8 Å². The number of carbonyl (C=O) groups is 1. The first-order chi connectivity index (χ1) is 12.5. The Morgan fingerprint density at radius 2 is 2.00 bits per heavy atom. The van der Waals surface area contributed by atoms with Gasteiger partial charge in [-0.25, -0.2) is 13.4 Å². The van der Waals surface area contributed by atoms with Crippen LogP contribution in [0.3, 0.4) is 0 Å². The van der Waals surface area contributed by atoms with Crippen LogP contribution in [0, 0.1) is 0 Å². The van der Waals surface area contributed by atoms with Crippen molar-refractivity contribution in [2.45, 2.75) is 18.1 Å². The number of fused-ring (bicyclic) bond motifs is 1. The molecular weight excluding hydrogens is 368 g/mol. The third kappa shape index (κ3) is 3.50. The monoisotopic (exact) mass is 386 g/mol. The van der Waals surface area contributed by atoms with E-state index in [1.165, 1.54) is 0 Å². The Morgan fingerprint density at radius 1 is 1.19 bits per heavy atom. The molecule has 1 aliphatic rings. The fourth-order valence-electron chi connectivity index (χ4n) is 2.91. The SMILES string of the molecule is O=C(NCCS(=O)(=O)C1CC1)c1cc(-c2cccs2)nc2ccccc12. The van der Waals surface area contributed by atoms with Crippen molar-refractivity contribution in [2.75, 3.05) is 12.3 Å². The van der Waals surface area contributed by atoms with Crippen LogP contribution in [-0.4, -0.2) is 36.9 Å². The molecule has 4 rings (SSSR count). The van der Waals surface area contributed by atoms with Crippen LogP contribution in [0.5, 0.6) is 0 Å². The molecule has 0 unspecified atom stereocenters. The summed E-state index contributed by atoms with van der Waals surface area (Å²) in [5, 5.41) is 5.28. The van der Waals surface area contributed by atoms with E-state index in [1.54, 1.807) is 17.4 Å². The molecule has 1 aromatic carbocycles. The molecule has 1 N–H and O–H groups in total. The Morgan fingerprint density at radius 3 is 2.73 bits per heavy atom. The van der Waals surface area contributed by atoms with Crippen molar-refractivity contribution in [3.63, 3.8) is 0 Å². The fraction of sp³-hybridized carbons (Fsp3) is 0.263. The van der Waals surface area contributed by atoms with Gasteiger partial charge in [-0.1, -0.05) is 24.3 Å². The Bertz CT molecular complexity index is 1060. The third-order valence-corrected chi connectivity index (χ3v) is 7.59. The van der Waals surface area contributed by atoms with E-state index in [4.69, 9.17) is 0 Å². The molecule has 2 aromatic heterocycles. The highest BCUT2D eigenvalue weighted by atomic mass is 32.2. The Balaban J connectivity index is 1.60. The second-order valence-electron chi connectivity index (χ2n) is 6.37. The largest absolute Gasteiger partial charge is 0.351 e. The summed E-state index contributed by atoms with van der Waals surface area (Å²) in [6.45, 7) is 0.128. The molecule has 0 radical (unpaired) electrons. The van der Waals surface area contributed by atoms with E-state index in [0.29, 0.717) is 5.56 Å². The maximum Gasteiger partial charge on any atom is 0.252 e. The molecule has 134 valence electrons. The number of sulfone groups is 1. The van der Waals surface area contributed by atoms with Crippen molar-refractivity contribution in [3.05, 3.63) is 53.4 Å². The summed E-state index contributed by atoms with van der Waals surface area (Å²) < 4.78 is 23.9. The van der Waals surface area contributed by atoms with Gasteiger partial charge in [0.15, 0.2) is 9.84 Å². The van der Waals surface area contributed by atoms with Crippen LogP contribution < -0.4 is 5.32 Å². The molecule has 5 nitrogen and oxygen atoms in total. The van der Waals surface area contributed by atoms with Crippen LogP contribution in [0.25, 0.3) is 21.5 Å². The van der Waals surface area contributed by atoms with Crippen molar-refractivity contribution in [1.29, 1.82) is 0 Å². The average Bonchev–Trinajstić information content (AvgIpc) is 3.37. The number of rotatable bonds is 6. The van der Waals surface area contributed by atoms with Gasteiger partial charge < -0.3 is 5.32 Å². The Hall–Kier alpha value is -2.25. The van der Waals surface area contributed by atoms with Gasteiger partial charge in [0.2, 0.25) is 0 Å². The molecule has 7 heteroatoms. The minimum absolute atomic E-state index is 0.00972. The maximum absolute atomic E-state index is 12.7. The number of amides is 1. The number of hydrogen-bond donors (Lipinski definition) is 1. The molecule has 1 saturated carbocycles. The minimum atomic E-state index is -3.08. The van der Waals surface area contributed by atoms with Crippen molar-refractivity contribution in [3.8, 4) is 10.6 Å². The fourth-order valence-corrected chi connectivity index (χ4v) is 5.17. The van der Waals surface area contributed by atoms with E-state index < -0.39 is 9.84 Å². The number of para-hydroxylation sites is 1. The highest BCUT2D eigenvalue weighted by molar-refractivity contribution is 7.92. The zero-order valence-corrected chi connectivity index (χ0v) is 15.6. The molecule has 26 heavy (non-hydrogen) atoms. The molecule has 1 amide bonds. The molecule has 0 saturated heterocycles. The lowest BCUT2D eigenvalue weighted by Gasteiger charge is -2.10. The van der Waals surface area contributed by atoms with E-state index in [1.807, 2.05) is 41.8 Å². The molecule has 3 aromatic rings. The van der Waals surface area contributed by atoms with E-state index in [-0.39, 0.29) is 23.5 Å². The van der Waals surface area contributed by atoms with E-state index >= 15 is 0 Å². The molecule has 0 bridgehead atoms. The van der Waals surface area contributed by atoms with Gasteiger partial charge in [0, 0.05) is 11.9 Å². The lowest BCUT2D eigenvalue weighted by molar-refractivity contribution is 0.0957. The zero-order valence-electron chi connectivity index (χ0n) is 14.0. The zero-order chi connectivity index (χ0) is 18.1. The predicted molar refractivity (Wildman–Crippen MR) is 104 cm³/mol. The standard InChI is InChI=1S/C19H18N2O3S2/c22-19(20-9-11-26(23,24)13-7-8-13)15-12-17(18-6-3-10-25-18)21-16-5-2-1-4-14(15)16/h1-6,10,12-13H,7-9,11H2,(H,20,22). The van der Waals surface area contributed by atoms with E-state index in [2.05, 4.69) is 10.3 Å². The number of thiophene rings is 1. The highest BCUT2D eigenvalue weighted by Crippen LogP contribution is 2.29. The molecule has 1 aliphatic carbocycles. The summed E-state index contributed by atoms with van der Waals surface area (Å²) in [5.74, 6) is -0.281. The Kier molecular flexibility index (Phi) is 4.50. The minimum Gasteiger partial charge on any atom is -0.351 e. The third-order valence-electron chi connectivity index (χ3n) is 4.44. The number of carbonyl (C=O) groups excluding carboxylic acids is 1. The van der Waals surface area contributed by atoms with E-state index in [0.717, 1.165) is 34.3 Å². The van der Waals surface area contributed by atoms with Gasteiger partial charge in [0.25, 0.3) is 5.91 Å². The van der Waals surface area contributed by atoms with Crippen LogP contribution in [0.4, 0.5) is 0 Å². The van der Waals surface area contributed by atoms with Crippen LogP contribution in [-0.2, 0) is 9.84 Å². The first-order valence-electron chi connectivity index (χ1n) is 8.48. The number of nitrogens with zero attached hydrogens (tertiary/aromatic N) is 1. The molecular formula is C19H18N2O3S2. The first kappa shape index (κ1) is 17.2. The lowest BCUT2D eigenvalue weighted by Crippen LogP contribution is -2.30. The highest BCUT2D eigenvalue weighted by Gasteiger charge is 2.35. The van der Waals surface area contributed by atoms with Crippen molar-refractivity contribution < 1.29 is 13.2 Å². The summed E-state index contributed by atoms with van der Waals surface area (Å²) in [7, 11) is -3.08. The molecule has 1 fully saturated rings. The maximum atomic E-state index is 12.7. The molecule has 0 atom stereocenters. The number of pyridine rings is 1. The smallest absolute Gasteiger partial charge is 0.252 e. The molecule has 0 spiro atoms. The Labute approximate surface area is 156 Å². The van der Waals surface area contributed by atoms with Gasteiger partial charge in [-0.15, -0.1) is 11.3 Å². The molecule has 2 heterocycles. The van der Waals surface area contributed by atoms with Gasteiger partial charge in [-0.3, -0.25) is 4.79 Å². The van der Waals surface area contributed by atoms with Gasteiger partial charge in [0.1, 0.15) is 0 Å². The second kappa shape index (κ2) is 6.81. The summed E-state index contributed by atoms with van der Waals surface area (Å²) in [5.41, 5.74) is 2.01. The first-order valence-corrected chi connectivity index (χ1v) is 11.1. The van der Waals surface area contributed by atoms with E-state index in [9.17, 15) is 13.2 Å². The summed E-state index contributed by atoms with van der Waals surface area (Å²) in [6.07, 6.45) is 1.49. The predicted octanol–water partition coefficient (Wildman–Crippen LogP) is 3.27. The normalized spacial score (nSPS) is 14.5. The summed E-state index contributed by atoms with van der Waals surface area (Å²) >= 11 is 1.56. The quantitative estimate of drug-likeness (QED) is 0.705. The van der Waals surface area contributed by atoms with Crippen molar-refractivity contribution in [1.82, 2.24) is 10.3 Å². The number of hydrogen-bond acceptors (Lipinski definition) is 5. The van der Waals surface area contributed by atoms with Crippen LogP contribution in [0.2, 0.25) is 0 Å². The van der Waals surface area contributed by atoms with Gasteiger partial charge in [-0.2, -0.15) is 0 Å². The van der Waals surface area contributed by atoms with Crippen LogP contribution >= 0.6 is 11.3 Å². The lowest BCUT2D eigenvalue weighted by atomic mass is 10.1.